The van der Waals surface area contributed by atoms with Crippen LogP contribution in [0.2, 0.25) is 0 Å². The third kappa shape index (κ3) is 5.21. The van der Waals surface area contributed by atoms with E-state index in [0.717, 1.165) is 18.9 Å². The van der Waals surface area contributed by atoms with E-state index in [1.807, 2.05) is 11.0 Å². The van der Waals surface area contributed by atoms with E-state index < -0.39 is 23.5 Å². The smallest absolute Gasteiger partial charge is 0.251 e. The number of amides is 2. The number of carbonyl (C=O) groups excluding carboxylic acids is 2. The van der Waals surface area contributed by atoms with Gasteiger partial charge in [-0.3, -0.25) is 9.59 Å². The predicted molar refractivity (Wildman–Crippen MR) is 118 cm³/mol. The van der Waals surface area contributed by atoms with E-state index in [0.29, 0.717) is 24.5 Å². The van der Waals surface area contributed by atoms with E-state index in [9.17, 15) is 22.8 Å². The fraction of sp³-hybridized carbons (Fsp3) is 0.440. The zero-order valence-corrected chi connectivity index (χ0v) is 18.3. The van der Waals surface area contributed by atoms with Crippen molar-refractivity contribution < 1.29 is 22.8 Å². The summed E-state index contributed by atoms with van der Waals surface area (Å²) < 4.78 is 40.7. The number of carbonyl (C=O) groups is 2. The average molecular weight is 460 g/mol. The normalized spacial score (nSPS) is 22.8. The van der Waals surface area contributed by atoms with Gasteiger partial charge in [-0.2, -0.15) is 0 Å². The van der Waals surface area contributed by atoms with Crippen LogP contribution in [0.1, 0.15) is 48.0 Å². The molecule has 2 bridgehead atoms. The zero-order chi connectivity index (χ0) is 23.5. The van der Waals surface area contributed by atoms with Crippen molar-refractivity contribution in [1.29, 1.82) is 0 Å². The summed E-state index contributed by atoms with van der Waals surface area (Å²) in [6, 6.07) is 9.99. The molecule has 0 aliphatic carbocycles. The van der Waals surface area contributed by atoms with Gasteiger partial charge in [-0.25, -0.2) is 13.2 Å². The van der Waals surface area contributed by atoms with Gasteiger partial charge < -0.3 is 16.0 Å². The Bertz CT molecular complexity index is 1000. The number of rotatable bonds is 7. The van der Waals surface area contributed by atoms with Crippen LogP contribution < -0.4 is 11.1 Å². The lowest BCUT2D eigenvalue weighted by molar-refractivity contribution is -0.136. The van der Waals surface area contributed by atoms with Gasteiger partial charge in [0.05, 0.1) is 0 Å². The lowest BCUT2D eigenvalue weighted by Crippen LogP contribution is -2.50. The first kappa shape index (κ1) is 23.3. The third-order valence-electron chi connectivity index (χ3n) is 6.87. The molecule has 0 aromatic heterocycles. The topological polar surface area (TPSA) is 75.4 Å². The van der Waals surface area contributed by atoms with Crippen LogP contribution in [-0.4, -0.2) is 41.4 Å². The number of nitrogens with zero attached hydrogens (tertiary/aromatic N) is 1. The molecule has 0 spiro atoms. The Morgan fingerprint density at radius 1 is 1.00 bits per heavy atom. The minimum absolute atomic E-state index is 0.00883. The molecule has 4 rings (SSSR count). The molecule has 4 atom stereocenters. The molecule has 2 amide bonds. The molecule has 8 heteroatoms. The summed E-state index contributed by atoms with van der Waals surface area (Å²) in [6.07, 6.45) is 3.51. The largest absolute Gasteiger partial charge is 0.352 e. The molecule has 2 aromatic rings. The minimum atomic E-state index is -1.21. The summed E-state index contributed by atoms with van der Waals surface area (Å²) >= 11 is 0. The van der Waals surface area contributed by atoms with E-state index in [4.69, 9.17) is 5.73 Å². The summed E-state index contributed by atoms with van der Waals surface area (Å²) in [7, 11) is 0. The molecule has 2 saturated heterocycles. The molecule has 2 aliphatic heterocycles. The number of benzene rings is 2. The van der Waals surface area contributed by atoms with Gasteiger partial charge in [0, 0.05) is 42.7 Å². The lowest BCUT2D eigenvalue weighted by Gasteiger charge is -2.41. The monoisotopic (exact) mass is 459 g/mol. The molecule has 2 fully saturated rings. The summed E-state index contributed by atoms with van der Waals surface area (Å²) in [4.78, 5) is 27.0. The Labute approximate surface area is 191 Å². The molecule has 176 valence electrons. The van der Waals surface area contributed by atoms with Gasteiger partial charge in [0.15, 0.2) is 11.6 Å². The third-order valence-corrected chi connectivity index (χ3v) is 6.87. The van der Waals surface area contributed by atoms with E-state index in [2.05, 4.69) is 5.32 Å². The standard InChI is InChI=1S/C25H28F3N3O2/c26-20-14-22(28)21(27)12-16(20)13-23(29)17-10-18-6-7-19(11-17)31(18)24(32)8-9-30-25(33)15-4-2-1-3-5-15/h1-5,12,14,17-19,23H,6-11,13,29H2,(H,30,33)/t17?,18-,19+,23?. The van der Waals surface area contributed by atoms with Crippen LogP contribution in [0.15, 0.2) is 42.5 Å². The molecule has 5 nitrogen and oxygen atoms in total. The van der Waals surface area contributed by atoms with Crippen LogP contribution >= 0.6 is 0 Å². The van der Waals surface area contributed by atoms with Crippen LogP contribution in [0.3, 0.4) is 0 Å². The Balaban J connectivity index is 1.30. The Kier molecular flexibility index (Phi) is 7.02. The van der Waals surface area contributed by atoms with Crippen molar-refractivity contribution in [2.24, 2.45) is 11.7 Å². The van der Waals surface area contributed by atoms with Gasteiger partial charge in [0.1, 0.15) is 5.82 Å². The second-order valence-corrected chi connectivity index (χ2v) is 9.02. The van der Waals surface area contributed by atoms with Gasteiger partial charge in [0.2, 0.25) is 5.91 Å². The van der Waals surface area contributed by atoms with Gasteiger partial charge in [-0.1, -0.05) is 18.2 Å². The van der Waals surface area contributed by atoms with Gasteiger partial charge in [-0.05, 0) is 61.8 Å². The highest BCUT2D eigenvalue weighted by molar-refractivity contribution is 5.94. The highest BCUT2D eigenvalue weighted by Gasteiger charge is 2.44. The second kappa shape index (κ2) is 9.95. The quantitative estimate of drug-likeness (QED) is 0.622. The maximum atomic E-state index is 14.0. The number of halogens is 3. The molecule has 2 unspecified atom stereocenters. The van der Waals surface area contributed by atoms with Crippen LogP contribution in [-0.2, 0) is 11.2 Å². The average Bonchev–Trinajstić information content (AvgIpc) is 3.07. The highest BCUT2D eigenvalue weighted by Crippen LogP contribution is 2.40. The van der Waals surface area contributed by atoms with Crippen molar-refractivity contribution >= 4 is 11.8 Å². The molecule has 2 heterocycles. The van der Waals surface area contributed by atoms with Crippen LogP contribution in [0.4, 0.5) is 13.2 Å². The van der Waals surface area contributed by atoms with Crippen molar-refractivity contribution in [1.82, 2.24) is 10.2 Å². The molecule has 0 saturated carbocycles. The first-order valence-electron chi connectivity index (χ1n) is 11.4. The van der Waals surface area contributed by atoms with E-state index in [1.54, 1.807) is 24.3 Å². The first-order valence-corrected chi connectivity index (χ1v) is 11.4. The van der Waals surface area contributed by atoms with Crippen LogP contribution in [0.5, 0.6) is 0 Å². The van der Waals surface area contributed by atoms with E-state index in [-0.39, 0.29) is 54.8 Å². The molecule has 2 aromatic carbocycles. The second-order valence-electron chi connectivity index (χ2n) is 9.02. The van der Waals surface area contributed by atoms with Gasteiger partial charge >= 0.3 is 0 Å². The summed E-state index contributed by atoms with van der Waals surface area (Å²) in [5.74, 6) is -3.22. The van der Waals surface area contributed by atoms with Crippen molar-refractivity contribution in [3.8, 4) is 0 Å². The first-order chi connectivity index (χ1) is 15.8. The number of fused-ring (bicyclic) bond motifs is 2. The number of nitrogens with one attached hydrogen (secondary N) is 1. The molecular formula is C25H28F3N3O2. The van der Waals surface area contributed by atoms with E-state index in [1.165, 1.54) is 0 Å². The van der Waals surface area contributed by atoms with Gasteiger partial charge in [0.25, 0.3) is 5.91 Å². The zero-order valence-electron chi connectivity index (χ0n) is 18.3. The molecule has 3 N–H and O–H groups in total. The lowest BCUT2D eigenvalue weighted by atomic mass is 9.82. The van der Waals surface area contributed by atoms with Gasteiger partial charge in [-0.15, -0.1) is 0 Å². The number of piperidine rings is 1. The molecule has 33 heavy (non-hydrogen) atoms. The summed E-state index contributed by atoms with van der Waals surface area (Å²) in [5, 5.41) is 2.79. The molecule has 0 radical (unpaired) electrons. The summed E-state index contributed by atoms with van der Waals surface area (Å²) in [6.45, 7) is 0.265. The molecule has 2 aliphatic rings. The maximum Gasteiger partial charge on any atom is 0.251 e. The SMILES string of the molecule is NC(Cc1cc(F)c(F)cc1F)C1C[C@H]2CC[C@@H](C1)N2C(=O)CCNC(=O)c1ccccc1. The van der Waals surface area contributed by atoms with Crippen molar-refractivity contribution in [3.05, 3.63) is 71.0 Å². The van der Waals surface area contributed by atoms with Crippen molar-refractivity contribution in [3.63, 3.8) is 0 Å². The van der Waals surface area contributed by atoms with Crippen LogP contribution in [0.25, 0.3) is 0 Å². The maximum absolute atomic E-state index is 14.0. The van der Waals surface area contributed by atoms with Crippen LogP contribution in [0, 0.1) is 23.4 Å². The number of hydrogen-bond acceptors (Lipinski definition) is 3. The Hall–Kier alpha value is -2.87. The minimum Gasteiger partial charge on any atom is -0.352 e. The van der Waals surface area contributed by atoms with Crippen molar-refractivity contribution in [2.75, 3.05) is 6.54 Å². The Morgan fingerprint density at radius 3 is 2.30 bits per heavy atom. The fourth-order valence-electron chi connectivity index (χ4n) is 5.22. The number of hydrogen-bond donors (Lipinski definition) is 2. The molecular weight excluding hydrogens is 431 g/mol. The van der Waals surface area contributed by atoms with E-state index >= 15 is 0 Å². The Morgan fingerprint density at radius 2 is 1.64 bits per heavy atom. The fourth-order valence-corrected chi connectivity index (χ4v) is 5.22. The van der Waals surface area contributed by atoms with Crippen molar-refractivity contribution in [2.45, 2.75) is 56.7 Å². The highest BCUT2D eigenvalue weighted by atomic mass is 19.2. The number of nitrogens with two attached hydrogens (primary N) is 1. The summed E-state index contributed by atoms with van der Waals surface area (Å²) in [5.41, 5.74) is 6.97. The predicted octanol–water partition coefficient (Wildman–Crippen LogP) is 3.56.